The Labute approximate surface area is 107 Å². The summed E-state index contributed by atoms with van der Waals surface area (Å²) in [4.78, 5) is 0. The van der Waals surface area contributed by atoms with Crippen molar-refractivity contribution in [2.75, 3.05) is 13.2 Å². The van der Waals surface area contributed by atoms with E-state index in [9.17, 15) is 24.8 Å². The highest BCUT2D eigenvalue weighted by atomic mass is 19.2. The van der Waals surface area contributed by atoms with Crippen LogP contribution < -0.4 is 0 Å². The third-order valence-electron chi connectivity index (χ3n) is 3.57. The minimum atomic E-state index is -3.19. The van der Waals surface area contributed by atoms with Gasteiger partial charge in [0.2, 0.25) is 0 Å². The molecule has 2 heterocycles. The Morgan fingerprint density at radius 3 is 2.00 bits per heavy atom. The van der Waals surface area contributed by atoms with E-state index in [1.165, 1.54) is 0 Å². The summed E-state index contributed by atoms with van der Waals surface area (Å²) in [6.45, 7) is -1.46. The van der Waals surface area contributed by atoms with Gasteiger partial charge in [-0.05, 0) is 0 Å². The highest BCUT2D eigenvalue weighted by Gasteiger charge is 2.61. The number of hydrogen-bond acceptors (Lipinski definition) is 8. The van der Waals surface area contributed by atoms with Crippen LogP contribution in [0.15, 0.2) is 0 Å². The topological polar surface area (TPSA) is 140 Å². The first-order valence-electron chi connectivity index (χ1n) is 5.82. The SMILES string of the molecule is OC[C@H]1OC(C2O[C@H](CO)[C@](O)(F)[C@@H]2O)[C@@H](O)[C@@H]1O. The Hall–Kier alpha value is -0.390. The monoisotopic (exact) mass is 284 g/mol. The van der Waals surface area contributed by atoms with Crippen LogP contribution in [0.1, 0.15) is 0 Å². The number of ether oxygens (including phenoxy) is 2. The summed E-state index contributed by atoms with van der Waals surface area (Å²) >= 11 is 0. The molecular formula is C10H17FO8. The minimum absolute atomic E-state index is 0.582. The van der Waals surface area contributed by atoms with Crippen molar-refractivity contribution in [3.05, 3.63) is 0 Å². The third-order valence-corrected chi connectivity index (χ3v) is 3.57. The zero-order chi connectivity index (χ0) is 14.4. The summed E-state index contributed by atoms with van der Waals surface area (Å²) in [5.41, 5.74) is 0. The van der Waals surface area contributed by atoms with Crippen LogP contribution in [0, 0.1) is 0 Å². The van der Waals surface area contributed by atoms with Gasteiger partial charge in [0, 0.05) is 0 Å². The Balaban J connectivity index is 2.15. The van der Waals surface area contributed by atoms with Crippen LogP contribution in [0.25, 0.3) is 0 Å². The molecule has 0 spiro atoms. The summed E-state index contributed by atoms with van der Waals surface area (Å²) in [5, 5.41) is 56.1. The Bertz CT molecular complexity index is 327. The number of hydrogen-bond donors (Lipinski definition) is 6. The maximum Gasteiger partial charge on any atom is 0.264 e. The Morgan fingerprint density at radius 2 is 1.58 bits per heavy atom. The maximum atomic E-state index is 13.7. The molecule has 0 aromatic carbocycles. The molecule has 2 saturated heterocycles. The second kappa shape index (κ2) is 5.19. The molecule has 2 rings (SSSR count). The molecule has 0 aliphatic carbocycles. The zero-order valence-corrected chi connectivity index (χ0v) is 9.83. The first-order valence-corrected chi connectivity index (χ1v) is 5.82. The summed E-state index contributed by atoms with van der Waals surface area (Å²) in [6.07, 6.45) is -10.6. The fourth-order valence-electron chi connectivity index (χ4n) is 2.41. The summed E-state index contributed by atoms with van der Waals surface area (Å²) < 4.78 is 23.8. The van der Waals surface area contributed by atoms with Crippen LogP contribution in [-0.4, -0.2) is 92.4 Å². The van der Waals surface area contributed by atoms with E-state index in [0.29, 0.717) is 0 Å². The van der Waals surface area contributed by atoms with Gasteiger partial charge in [-0.15, -0.1) is 0 Å². The van der Waals surface area contributed by atoms with E-state index in [1.807, 2.05) is 0 Å². The molecule has 2 unspecified atom stereocenters. The largest absolute Gasteiger partial charge is 0.394 e. The molecular weight excluding hydrogens is 267 g/mol. The molecule has 8 atom stereocenters. The Kier molecular flexibility index (Phi) is 4.10. The van der Waals surface area contributed by atoms with E-state index in [2.05, 4.69) is 0 Å². The summed E-state index contributed by atoms with van der Waals surface area (Å²) in [7, 11) is 0. The number of aliphatic hydroxyl groups excluding tert-OH is 5. The molecule has 2 aliphatic rings. The number of aliphatic hydroxyl groups is 6. The van der Waals surface area contributed by atoms with Crippen LogP contribution in [0.3, 0.4) is 0 Å². The number of halogens is 1. The van der Waals surface area contributed by atoms with Gasteiger partial charge >= 0.3 is 0 Å². The molecule has 9 heteroatoms. The van der Waals surface area contributed by atoms with Gasteiger partial charge in [0.05, 0.1) is 13.2 Å². The maximum absolute atomic E-state index is 13.7. The first kappa shape index (κ1) is 15.0. The molecule has 2 aliphatic heterocycles. The second-order valence-electron chi connectivity index (χ2n) is 4.75. The van der Waals surface area contributed by atoms with Gasteiger partial charge in [0.1, 0.15) is 42.7 Å². The van der Waals surface area contributed by atoms with Crippen LogP contribution in [0.2, 0.25) is 0 Å². The first-order chi connectivity index (χ1) is 8.84. The standard InChI is InChI=1S/C10H17FO8/c11-10(17)4(2-13)19-8(9(10)16)7-6(15)5(14)3(1-12)18-7/h3-9,12-17H,1-2H2/t3-,4-,5-,6+,7?,8?,9-,10-/m1/s1. The fraction of sp³-hybridized carbons (Fsp3) is 1.00. The van der Waals surface area contributed by atoms with Crippen molar-refractivity contribution in [1.82, 2.24) is 0 Å². The van der Waals surface area contributed by atoms with E-state index in [1.54, 1.807) is 0 Å². The van der Waals surface area contributed by atoms with Gasteiger partial charge < -0.3 is 40.1 Å². The van der Waals surface area contributed by atoms with Crippen molar-refractivity contribution in [2.24, 2.45) is 0 Å². The van der Waals surface area contributed by atoms with Crippen molar-refractivity contribution in [3.8, 4) is 0 Å². The third kappa shape index (κ3) is 2.26. The molecule has 6 N–H and O–H groups in total. The molecule has 0 aromatic heterocycles. The van der Waals surface area contributed by atoms with Crippen molar-refractivity contribution in [3.63, 3.8) is 0 Å². The summed E-state index contributed by atoms with van der Waals surface area (Å²) in [6, 6.07) is 0. The normalized spacial score (nSPS) is 54.8. The zero-order valence-electron chi connectivity index (χ0n) is 9.83. The fourth-order valence-corrected chi connectivity index (χ4v) is 2.41. The number of alkyl halides is 1. The van der Waals surface area contributed by atoms with Crippen molar-refractivity contribution in [2.45, 2.75) is 48.6 Å². The predicted octanol–water partition coefficient (Wildman–Crippen LogP) is -3.75. The van der Waals surface area contributed by atoms with Crippen LogP contribution >= 0.6 is 0 Å². The van der Waals surface area contributed by atoms with E-state index >= 15 is 0 Å². The van der Waals surface area contributed by atoms with E-state index < -0.39 is 61.8 Å². The van der Waals surface area contributed by atoms with Gasteiger partial charge in [-0.25, -0.2) is 4.39 Å². The molecule has 0 saturated carbocycles. The molecule has 0 amide bonds. The Morgan fingerprint density at radius 1 is 0.947 bits per heavy atom. The van der Waals surface area contributed by atoms with Crippen molar-refractivity contribution in [1.29, 1.82) is 0 Å². The lowest BCUT2D eigenvalue weighted by Crippen LogP contribution is -2.49. The summed E-state index contributed by atoms with van der Waals surface area (Å²) in [5.74, 6) is -3.19. The van der Waals surface area contributed by atoms with Crippen molar-refractivity contribution < 1.29 is 44.5 Å². The van der Waals surface area contributed by atoms with Gasteiger partial charge in [0.15, 0.2) is 0 Å². The molecule has 8 nitrogen and oxygen atoms in total. The van der Waals surface area contributed by atoms with Crippen LogP contribution in [0.4, 0.5) is 4.39 Å². The van der Waals surface area contributed by atoms with E-state index in [4.69, 9.17) is 19.7 Å². The molecule has 19 heavy (non-hydrogen) atoms. The smallest absolute Gasteiger partial charge is 0.264 e. The average molecular weight is 284 g/mol. The van der Waals surface area contributed by atoms with E-state index in [0.717, 1.165) is 0 Å². The highest BCUT2D eigenvalue weighted by Crippen LogP contribution is 2.38. The van der Waals surface area contributed by atoms with Crippen LogP contribution in [0.5, 0.6) is 0 Å². The quantitative estimate of drug-likeness (QED) is 0.310. The van der Waals surface area contributed by atoms with Gasteiger partial charge in [-0.3, -0.25) is 0 Å². The van der Waals surface area contributed by atoms with Gasteiger partial charge in [-0.1, -0.05) is 0 Å². The lowest BCUT2D eigenvalue weighted by Gasteiger charge is -2.24. The number of rotatable bonds is 3. The van der Waals surface area contributed by atoms with Crippen LogP contribution in [-0.2, 0) is 9.47 Å². The van der Waals surface area contributed by atoms with Crippen molar-refractivity contribution >= 4 is 0 Å². The lowest BCUT2D eigenvalue weighted by molar-refractivity contribution is -0.181. The predicted molar refractivity (Wildman–Crippen MR) is 55.6 cm³/mol. The molecule has 2 fully saturated rings. The van der Waals surface area contributed by atoms with E-state index in [-0.39, 0.29) is 0 Å². The molecule has 112 valence electrons. The second-order valence-corrected chi connectivity index (χ2v) is 4.75. The molecule has 0 aromatic rings. The van der Waals surface area contributed by atoms with Gasteiger partial charge in [-0.2, -0.15) is 0 Å². The van der Waals surface area contributed by atoms with Gasteiger partial charge in [0.25, 0.3) is 5.85 Å². The molecule has 0 radical (unpaired) electrons. The highest BCUT2D eigenvalue weighted by molar-refractivity contribution is 5.05. The average Bonchev–Trinajstić information content (AvgIpc) is 2.78. The molecule has 0 bridgehead atoms. The lowest BCUT2D eigenvalue weighted by atomic mass is 9.97. The minimum Gasteiger partial charge on any atom is -0.394 e.